The van der Waals surface area contributed by atoms with Gasteiger partial charge in [0.05, 0.1) is 5.02 Å². The van der Waals surface area contributed by atoms with Crippen LogP contribution >= 0.6 is 27.5 Å². The number of carbonyl (C=O) groups is 1. The van der Waals surface area contributed by atoms with Crippen molar-refractivity contribution in [3.05, 3.63) is 63.3 Å². The zero-order chi connectivity index (χ0) is 15.2. The van der Waals surface area contributed by atoms with Gasteiger partial charge < -0.3 is 4.90 Å². The van der Waals surface area contributed by atoms with E-state index in [1.54, 1.807) is 24.5 Å². The first kappa shape index (κ1) is 16.1. The fraction of sp³-hybridized carbons (Fsp3) is 0.250. The third-order valence-electron chi connectivity index (χ3n) is 3.15. The number of ketones is 1. The lowest BCUT2D eigenvalue weighted by Crippen LogP contribution is -2.21. The molecule has 0 atom stereocenters. The standard InChI is InChI=1S/C16H16BrClN2O/c1-20(11-12-4-7-19-8-5-12)9-6-16(21)14-3-2-13(17)10-15(14)18/h2-5,7-8,10H,6,9,11H2,1H3. The van der Waals surface area contributed by atoms with Gasteiger partial charge in [-0.1, -0.05) is 27.5 Å². The average Bonchev–Trinajstić information content (AvgIpc) is 2.46. The van der Waals surface area contributed by atoms with E-state index in [1.807, 2.05) is 25.2 Å². The van der Waals surface area contributed by atoms with Gasteiger partial charge in [0.25, 0.3) is 0 Å². The van der Waals surface area contributed by atoms with E-state index in [4.69, 9.17) is 11.6 Å². The molecule has 0 aliphatic rings. The highest BCUT2D eigenvalue weighted by Gasteiger charge is 2.11. The second-order valence-corrected chi connectivity index (χ2v) is 6.21. The largest absolute Gasteiger partial charge is 0.302 e. The maximum atomic E-state index is 12.2. The van der Waals surface area contributed by atoms with Crippen LogP contribution in [0.5, 0.6) is 0 Å². The molecule has 3 nitrogen and oxygen atoms in total. The first-order valence-corrected chi connectivity index (χ1v) is 7.79. The van der Waals surface area contributed by atoms with Crippen LogP contribution in [-0.2, 0) is 6.54 Å². The van der Waals surface area contributed by atoms with Crippen molar-refractivity contribution < 1.29 is 4.79 Å². The quantitative estimate of drug-likeness (QED) is 0.717. The Bertz CT molecular complexity index is 619. The number of rotatable bonds is 6. The molecule has 0 aliphatic carbocycles. The molecule has 0 spiro atoms. The van der Waals surface area contributed by atoms with Crippen LogP contribution in [0.3, 0.4) is 0 Å². The van der Waals surface area contributed by atoms with Gasteiger partial charge in [0.1, 0.15) is 0 Å². The monoisotopic (exact) mass is 366 g/mol. The zero-order valence-electron chi connectivity index (χ0n) is 11.7. The third-order valence-corrected chi connectivity index (χ3v) is 3.96. The van der Waals surface area contributed by atoms with Crippen molar-refractivity contribution >= 4 is 33.3 Å². The SMILES string of the molecule is CN(CCC(=O)c1ccc(Br)cc1Cl)Cc1ccncc1. The van der Waals surface area contributed by atoms with E-state index >= 15 is 0 Å². The van der Waals surface area contributed by atoms with Crippen molar-refractivity contribution in [3.8, 4) is 0 Å². The number of aromatic nitrogens is 1. The molecule has 0 saturated carbocycles. The number of halogens is 2. The number of pyridine rings is 1. The number of nitrogens with zero attached hydrogens (tertiary/aromatic N) is 2. The normalized spacial score (nSPS) is 10.9. The molecule has 0 N–H and O–H groups in total. The molecule has 21 heavy (non-hydrogen) atoms. The van der Waals surface area contributed by atoms with Crippen molar-refractivity contribution in [2.24, 2.45) is 0 Å². The van der Waals surface area contributed by atoms with Gasteiger partial charge >= 0.3 is 0 Å². The third kappa shape index (κ3) is 4.92. The minimum Gasteiger partial charge on any atom is -0.302 e. The fourth-order valence-electron chi connectivity index (χ4n) is 2.02. The van der Waals surface area contributed by atoms with E-state index in [1.165, 1.54) is 5.56 Å². The summed E-state index contributed by atoms with van der Waals surface area (Å²) in [7, 11) is 2.00. The molecule has 5 heteroatoms. The van der Waals surface area contributed by atoms with Gasteiger partial charge in [-0.2, -0.15) is 0 Å². The number of carbonyl (C=O) groups excluding carboxylic acids is 1. The number of hydrogen-bond donors (Lipinski definition) is 0. The lowest BCUT2D eigenvalue weighted by Gasteiger charge is -2.16. The van der Waals surface area contributed by atoms with Crippen molar-refractivity contribution in [1.82, 2.24) is 9.88 Å². The van der Waals surface area contributed by atoms with E-state index in [2.05, 4.69) is 25.8 Å². The topological polar surface area (TPSA) is 33.2 Å². The summed E-state index contributed by atoms with van der Waals surface area (Å²) in [5.74, 6) is 0.0640. The number of hydrogen-bond acceptors (Lipinski definition) is 3. The number of Topliss-reactive ketones (excluding diaryl/α,β-unsaturated/α-hetero) is 1. The Morgan fingerprint density at radius 3 is 2.67 bits per heavy atom. The van der Waals surface area contributed by atoms with Gasteiger partial charge in [-0.3, -0.25) is 9.78 Å². The molecule has 1 aromatic heterocycles. The lowest BCUT2D eigenvalue weighted by molar-refractivity contribution is 0.0968. The minimum atomic E-state index is 0.0640. The molecule has 2 aromatic rings. The van der Waals surface area contributed by atoms with Gasteiger partial charge in [0, 0.05) is 41.9 Å². The summed E-state index contributed by atoms with van der Waals surface area (Å²) in [5, 5.41) is 0.492. The molecule has 0 fully saturated rings. The van der Waals surface area contributed by atoms with Gasteiger partial charge in [0.15, 0.2) is 5.78 Å². The van der Waals surface area contributed by atoms with Gasteiger partial charge in [-0.05, 0) is 42.9 Å². The Labute approximate surface area is 138 Å². The Kier molecular flexibility index (Phi) is 5.91. The maximum Gasteiger partial charge on any atom is 0.165 e. The van der Waals surface area contributed by atoms with Crippen LogP contribution in [0.4, 0.5) is 0 Å². The highest BCUT2D eigenvalue weighted by molar-refractivity contribution is 9.10. The lowest BCUT2D eigenvalue weighted by atomic mass is 10.1. The predicted molar refractivity (Wildman–Crippen MR) is 88.7 cm³/mol. The van der Waals surface area contributed by atoms with Crippen LogP contribution in [0.25, 0.3) is 0 Å². The molecule has 0 saturated heterocycles. The van der Waals surface area contributed by atoms with E-state index in [-0.39, 0.29) is 5.78 Å². The molecule has 110 valence electrons. The number of benzene rings is 1. The molecule has 0 unspecified atom stereocenters. The van der Waals surface area contributed by atoms with Crippen LogP contribution in [-0.4, -0.2) is 29.3 Å². The Hall–Kier alpha value is -1.23. The van der Waals surface area contributed by atoms with Crippen LogP contribution in [0.2, 0.25) is 5.02 Å². The van der Waals surface area contributed by atoms with E-state index in [0.29, 0.717) is 23.6 Å². The van der Waals surface area contributed by atoms with Crippen LogP contribution in [0, 0.1) is 0 Å². The Morgan fingerprint density at radius 2 is 2.00 bits per heavy atom. The summed E-state index contributed by atoms with van der Waals surface area (Å²) in [5.41, 5.74) is 1.76. The summed E-state index contributed by atoms with van der Waals surface area (Å²) < 4.78 is 0.874. The van der Waals surface area contributed by atoms with Crippen LogP contribution < -0.4 is 0 Å². The maximum absolute atomic E-state index is 12.2. The first-order chi connectivity index (χ1) is 10.1. The van der Waals surface area contributed by atoms with Gasteiger partial charge in [-0.25, -0.2) is 0 Å². The van der Waals surface area contributed by atoms with Crippen molar-refractivity contribution in [3.63, 3.8) is 0 Å². The molecule has 0 radical (unpaired) electrons. The Morgan fingerprint density at radius 1 is 1.29 bits per heavy atom. The zero-order valence-corrected chi connectivity index (χ0v) is 14.1. The molecular formula is C16H16BrClN2O. The summed E-state index contributed by atoms with van der Waals surface area (Å²) in [4.78, 5) is 18.3. The average molecular weight is 368 g/mol. The highest BCUT2D eigenvalue weighted by Crippen LogP contribution is 2.22. The van der Waals surface area contributed by atoms with Crippen molar-refractivity contribution in [2.45, 2.75) is 13.0 Å². The molecule has 2 rings (SSSR count). The fourth-order valence-corrected chi connectivity index (χ4v) is 2.80. The first-order valence-electron chi connectivity index (χ1n) is 6.62. The van der Waals surface area contributed by atoms with Crippen molar-refractivity contribution in [2.75, 3.05) is 13.6 Å². The molecule has 1 heterocycles. The Balaban J connectivity index is 1.89. The summed E-state index contributed by atoms with van der Waals surface area (Å²) in [6, 6.07) is 9.29. The van der Waals surface area contributed by atoms with Crippen molar-refractivity contribution in [1.29, 1.82) is 0 Å². The second kappa shape index (κ2) is 7.69. The summed E-state index contributed by atoms with van der Waals surface area (Å²) in [6.45, 7) is 1.48. The highest BCUT2D eigenvalue weighted by atomic mass is 79.9. The summed E-state index contributed by atoms with van der Waals surface area (Å²) >= 11 is 9.43. The predicted octanol–water partition coefficient (Wildman–Crippen LogP) is 4.20. The van der Waals surface area contributed by atoms with E-state index in [9.17, 15) is 4.79 Å². The van der Waals surface area contributed by atoms with Crippen LogP contribution in [0.1, 0.15) is 22.3 Å². The minimum absolute atomic E-state index is 0.0640. The van der Waals surface area contributed by atoms with E-state index < -0.39 is 0 Å². The molecule has 1 aromatic carbocycles. The van der Waals surface area contributed by atoms with Gasteiger partial charge in [-0.15, -0.1) is 0 Å². The summed E-state index contributed by atoms with van der Waals surface area (Å²) in [6.07, 6.45) is 3.99. The molecule has 0 amide bonds. The smallest absolute Gasteiger partial charge is 0.165 e. The van der Waals surface area contributed by atoms with Gasteiger partial charge in [0.2, 0.25) is 0 Å². The molecular weight excluding hydrogens is 352 g/mol. The molecule has 0 aliphatic heterocycles. The van der Waals surface area contributed by atoms with E-state index in [0.717, 1.165) is 11.0 Å². The molecule has 0 bridgehead atoms. The second-order valence-electron chi connectivity index (χ2n) is 4.89. The van der Waals surface area contributed by atoms with Crippen LogP contribution in [0.15, 0.2) is 47.2 Å².